The second kappa shape index (κ2) is 5.06. The molecule has 3 heterocycles. The lowest BCUT2D eigenvalue weighted by Crippen LogP contribution is -2.27. The molecule has 4 rings (SSSR count). The van der Waals surface area contributed by atoms with E-state index in [1.165, 1.54) is 26.2 Å². The smallest absolute Gasteiger partial charge is 0.166 e. The fraction of sp³-hybridized carbons (Fsp3) is 0.250. The first-order valence-corrected chi connectivity index (χ1v) is 8.82. The van der Waals surface area contributed by atoms with E-state index in [1.807, 2.05) is 11.3 Å². The SMILES string of the molecule is CCC1(CC)C=C[n+]2ccccc2-c2sc3ccccc3c21. The average molecular weight is 306 g/mol. The number of hydrogen-bond donors (Lipinski definition) is 0. The van der Waals surface area contributed by atoms with Crippen molar-refractivity contribution in [2.45, 2.75) is 32.1 Å². The van der Waals surface area contributed by atoms with E-state index in [1.54, 1.807) is 0 Å². The molecule has 3 aromatic rings. The number of thiophene rings is 1. The topological polar surface area (TPSA) is 3.88 Å². The molecule has 0 saturated heterocycles. The molecule has 0 atom stereocenters. The predicted octanol–water partition coefficient (Wildman–Crippen LogP) is 5.40. The molecule has 0 N–H and O–H groups in total. The molecule has 1 nitrogen and oxygen atoms in total. The molecule has 22 heavy (non-hydrogen) atoms. The molecule has 0 radical (unpaired) electrons. The van der Waals surface area contributed by atoms with Crippen molar-refractivity contribution in [1.29, 1.82) is 0 Å². The molecule has 0 spiro atoms. The van der Waals surface area contributed by atoms with Gasteiger partial charge in [0.25, 0.3) is 0 Å². The molecular weight excluding hydrogens is 286 g/mol. The summed E-state index contributed by atoms with van der Waals surface area (Å²) in [6, 6.07) is 15.3. The Morgan fingerprint density at radius 2 is 1.77 bits per heavy atom. The number of fused-ring (bicyclic) bond motifs is 5. The fourth-order valence-corrected chi connectivity index (χ4v) is 4.98. The van der Waals surface area contributed by atoms with E-state index >= 15 is 0 Å². The Kier molecular flexibility index (Phi) is 3.16. The van der Waals surface area contributed by atoms with E-state index in [0.29, 0.717) is 0 Å². The maximum Gasteiger partial charge on any atom is 0.228 e. The highest BCUT2D eigenvalue weighted by Gasteiger charge is 2.36. The van der Waals surface area contributed by atoms with Crippen molar-refractivity contribution >= 4 is 27.6 Å². The number of rotatable bonds is 2. The van der Waals surface area contributed by atoms with Crippen molar-refractivity contribution in [3.63, 3.8) is 0 Å². The third kappa shape index (κ3) is 1.80. The van der Waals surface area contributed by atoms with Crippen LogP contribution < -0.4 is 4.57 Å². The summed E-state index contributed by atoms with van der Waals surface area (Å²) in [6.07, 6.45) is 9.08. The zero-order valence-corrected chi connectivity index (χ0v) is 13.9. The van der Waals surface area contributed by atoms with Crippen LogP contribution in [0.5, 0.6) is 0 Å². The van der Waals surface area contributed by atoms with Gasteiger partial charge in [0.2, 0.25) is 5.69 Å². The zero-order valence-electron chi connectivity index (χ0n) is 13.0. The maximum atomic E-state index is 2.42. The monoisotopic (exact) mass is 306 g/mol. The lowest BCUT2D eigenvalue weighted by molar-refractivity contribution is -0.556. The first-order chi connectivity index (χ1) is 10.8. The summed E-state index contributed by atoms with van der Waals surface area (Å²) in [6.45, 7) is 4.62. The molecule has 1 aromatic carbocycles. The van der Waals surface area contributed by atoms with Crippen LogP contribution in [0.3, 0.4) is 0 Å². The lowest BCUT2D eigenvalue weighted by atomic mass is 9.74. The molecule has 110 valence electrons. The molecule has 1 aliphatic rings. The van der Waals surface area contributed by atoms with Crippen LogP contribution in [0.4, 0.5) is 0 Å². The Morgan fingerprint density at radius 1 is 1.00 bits per heavy atom. The Morgan fingerprint density at radius 3 is 2.59 bits per heavy atom. The number of benzene rings is 1. The van der Waals surface area contributed by atoms with Crippen molar-refractivity contribution in [2.75, 3.05) is 0 Å². The van der Waals surface area contributed by atoms with E-state index in [-0.39, 0.29) is 5.41 Å². The van der Waals surface area contributed by atoms with Crippen LogP contribution in [-0.2, 0) is 5.41 Å². The normalized spacial score (nSPS) is 15.4. The van der Waals surface area contributed by atoms with E-state index in [2.05, 4.69) is 79.4 Å². The standard InChI is InChI=1S/C20H20NS/c1-3-20(4-2)12-14-21-13-8-7-10-16(21)19-18(20)15-9-5-6-11-17(15)22-19/h5-14H,3-4H2,1-2H3/q+1. The second-order valence-electron chi connectivity index (χ2n) is 5.97. The summed E-state index contributed by atoms with van der Waals surface area (Å²) >= 11 is 1.93. The summed E-state index contributed by atoms with van der Waals surface area (Å²) in [5.41, 5.74) is 2.95. The molecule has 2 aromatic heterocycles. The second-order valence-corrected chi connectivity index (χ2v) is 7.03. The first-order valence-electron chi connectivity index (χ1n) is 8.01. The number of aromatic nitrogens is 1. The average Bonchev–Trinajstić information content (AvgIpc) is 2.90. The Bertz CT molecular complexity index is 868. The molecule has 0 saturated carbocycles. The van der Waals surface area contributed by atoms with Gasteiger partial charge in [-0.25, -0.2) is 0 Å². The van der Waals surface area contributed by atoms with Crippen LogP contribution >= 0.6 is 11.3 Å². The van der Waals surface area contributed by atoms with Gasteiger partial charge in [-0.1, -0.05) is 32.0 Å². The fourth-order valence-electron chi connectivity index (χ4n) is 3.64. The minimum absolute atomic E-state index is 0.126. The third-order valence-corrected chi connectivity index (χ3v) is 6.23. The van der Waals surface area contributed by atoms with Crippen molar-refractivity contribution in [1.82, 2.24) is 0 Å². The van der Waals surface area contributed by atoms with Crippen LogP contribution in [-0.4, -0.2) is 0 Å². The van der Waals surface area contributed by atoms with Gasteiger partial charge in [-0.05, 0) is 42.0 Å². The number of allylic oxidation sites excluding steroid dienone is 1. The van der Waals surface area contributed by atoms with E-state index in [4.69, 9.17) is 0 Å². The zero-order chi connectivity index (χ0) is 15.2. The molecule has 0 bridgehead atoms. The van der Waals surface area contributed by atoms with Gasteiger partial charge in [0, 0.05) is 22.2 Å². The van der Waals surface area contributed by atoms with Gasteiger partial charge in [0.05, 0.1) is 0 Å². The summed E-state index contributed by atoms with van der Waals surface area (Å²) in [5.74, 6) is 0. The molecule has 0 aliphatic carbocycles. The summed E-state index contributed by atoms with van der Waals surface area (Å²) in [7, 11) is 0. The van der Waals surface area contributed by atoms with E-state index < -0.39 is 0 Å². The number of hydrogen-bond acceptors (Lipinski definition) is 1. The highest BCUT2D eigenvalue weighted by Crippen LogP contribution is 2.48. The van der Waals surface area contributed by atoms with Crippen LogP contribution in [0.25, 0.3) is 26.9 Å². The summed E-state index contributed by atoms with van der Waals surface area (Å²) in [5, 5.41) is 1.42. The van der Waals surface area contributed by atoms with Gasteiger partial charge < -0.3 is 0 Å². The molecule has 2 heteroatoms. The van der Waals surface area contributed by atoms with E-state index in [0.717, 1.165) is 12.8 Å². The van der Waals surface area contributed by atoms with Gasteiger partial charge in [0.15, 0.2) is 12.4 Å². The third-order valence-electron chi connectivity index (χ3n) is 5.03. The molecular formula is C20H20NS+. The van der Waals surface area contributed by atoms with E-state index in [9.17, 15) is 0 Å². The molecule has 1 aliphatic heterocycles. The van der Waals surface area contributed by atoms with Crippen LogP contribution in [0.15, 0.2) is 54.7 Å². The van der Waals surface area contributed by atoms with Crippen molar-refractivity contribution in [3.05, 3.63) is 60.3 Å². The minimum Gasteiger partial charge on any atom is -0.166 e. The predicted molar refractivity (Wildman–Crippen MR) is 95.0 cm³/mol. The van der Waals surface area contributed by atoms with Crippen molar-refractivity contribution < 1.29 is 4.57 Å². The van der Waals surface area contributed by atoms with Gasteiger partial charge in [0.1, 0.15) is 4.88 Å². The van der Waals surface area contributed by atoms with Crippen molar-refractivity contribution in [2.24, 2.45) is 0 Å². The Labute approximate surface area is 135 Å². The molecule has 0 unspecified atom stereocenters. The highest BCUT2D eigenvalue weighted by atomic mass is 32.1. The minimum atomic E-state index is 0.126. The largest absolute Gasteiger partial charge is 0.228 e. The van der Waals surface area contributed by atoms with Crippen molar-refractivity contribution in [3.8, 4) is 10.6 Å². The Balaban J connectivity index is 2.17. The Hall–Kier alpha value is -1.93. The maximum absolute atomic E-state index is 2.42. The quantitative estimate of drug-likeness (QED) is 0.558. The first kappa shape index (κ1) is 13.7. The summed E-state index contributed by atoms with van der Waals surface area (Å²) < 4.78 is 3.66. The van der Waals surface area contributed by atoms with Crippen LogP contribution in [0, 0.1) is 0 Å². The van der Waals surface area contributed by atoms with Gasteiger partial charge >= 0.3 is 0 Å². The summed E-state index contributed by atoms with van der Waals surface area (Å²) in [4.78, 5) is 1.43. The lowest BCUT2D eigenvalue weighted by Gasteiger charge is -2.27. The molecule has 0 amide bonds. The highest BCUT2D eigenvalue weighted by molar-refractivity contribution is 7.22. The number of nitrogens with zero attached hydrogens (tertiary/aromatic N) is 1. The van der Waals surface area contributed by atoms with Crippen LogP contribution in [0.1, 0.15) is 32.3 Å². The van der Waals surface area contributed by atoms with Crippen LogP contribution in [0.2, 0.25) is 0 Å². The van der Waals surface area contributed by atoms with Gasteiger partial charge in [-0.2, -0.15) is 4.57 Å². The van der Waals surface area contributed by atoms with Gasteiger partial charge in [-0.15, -0.1) is 11.3 Å². The number of pyridine rings is 1. The molecule has 0 fully saturated rings. The van der Waals surface area contributed by atoms with Gasteiger partial charge in [-0.3, -0.25) is 0 Å².